The molecule has 0 spiro atoms. The van der Waals surface area contributed by atoms with Gasteiger partial charge in [0.05, 0.1) is 17.1 Å². The molecule has 0 aromatic heterocycles. The fourth-order valence-electron chi connectivity index (χ4n) is 2.40. The van der Waals surface area contributed by atoms with Crippen molar-refractivity contribution in [3.05, 3.63) is 48.5 Å². The zero-order valence-electron chi connectivity index (χ0n) is 13.6. The molecule has 1 heterocycles. The molecule has 1 saturated heterocycles. The quantitative estimate of drug-likeness (QED) is 0.829. The summed E-state index contributed by atoms with van der Waals surface area (Å²) in [5.41, 5.74) is 0.634. The van der Waals surface area contributed by atoms with E-state index >= 15 is 0 Å². The molecule has 2 aromatic carbocycles. The highest BCUT2D eigenvalue weighted by Crippen LogP contribution is 2.26. The Hall–Kier alpha value is -2.95. The van der Waals surface area contributed by atoms with E-state index in [0.29, 0.717) is 12.2 Å². The fraction of sp³-hybridized carbons (Fsp3) is 0.188. The van der Waals surface area contributed by atoms with Gasteiger partial charge in [-0.1, -0.05) is 6.07 Å². The third-order valence-electron chi connectivity index (χ3n) is 3.54. The van der Waals surface area contributed by atoms with Gasteiger partial charge in [-0.25, -0.2) is 13.2 Å². The minimum absolute atomic E-state index is 0.183. The zero-order chi connectivity index (χ0) is 19.7. The summed E-state index contributed by atoms with van der Waals surface area (Å²) >= 11 is 0. The molecule has 7 nitrogen and oxygen atoms in total. The summed E-state index contributed by atoms with van der Waals surface area (Å²) in [6.07, 6.45) is -5.40. The lowest BCUT2D eigenvalue weighted by atomic mass is 10.2. The predicted molar refractivity (Wildman–Crippen MR) is 89.1 cm³/mol. The van der Waals surface area contributed by atoms with Gasteiger partial charge in [0.1, 0.15) is 12.4 Å². The monoisotopic (exact) mass is 402 g/mol. The van der Waals surface area contributed by atoms with Crippen LogP contribution in [-0.4, -0.2) is 34.0 Å². The molecule has 144 valence electrons. The second kappa shape index (κ2) is 6.99. The number of amides is 1. The van der Waals surface area contributed by atoms with E-state index in [9.17, 15) is 26.4 Å². The number of nitrogens with zero attached hydrogens (tertiary/aromatic N) is 1. The van der Waals surface area contributed by atoms with Gasteiger partial charge in [-0.3, -0.25) is 9.62 Å². The van der Waals surface area contributed by atoms with Gasteiger partial charge in [0.25, 0.3) is 10.0 Å². The Bertz CT molecular complexity index is 945. The molecule has 0 aliphatic carbocycles. The second-order valence-electron chi connectivity index (χ2n) is 5.44. The standard InChI is InChI=1S/C16H13F3N2O5S/c17-16(18,19)26-13-4-6-14(7-5-13)27(23,24)20-11-2-1-3-12(10-11)21-8-9-25-15(21)22/h1-7,10,20H,8-9H2. The number of hydrogen-bond acceptors (Lipinski definition) is 5. The van der Waals surface area contributed by atoms with Gasteiger partial charge in [0.2, 0.25) is 0 Å². The molecule has 0 saturated carbocycles. The molecule has 1 N–H and O–H groups in total. The second-order valence-corrected chi connectivity index (χ2v) is 7.12. The summed E-state index contributed by atoms with van der Waals surface area (Å²) in [5.74, 6) is -0.531. The lowest BCUT2D eigenvalue weighted by Crippen LogP contribution is -2.23. The number of carbonyl (C=O) groups is 1. The van der Waals surface area contributed by atoms with Crippen molar-refractivity contribution in [2.75, 3.05) is 22.8 Å². The topological polar surface area (TPSA) is 84.9 Å². The van der Waals surface area contributed by atoms with Crippen molar-refractivity contribution in [2.45, 2.75) is 11.3 Å². The van der Waals surface area contributed by atoms with Crippen LogP contribution in [0.2, 0.25) is 0 Å². The zero-order valence-corrected chi connectivity index (χ0v) is 14.4. The van der Waals surface area contributed by atoms with Gasteiger partial charge >= 0.3 is 12.5 Å². The normalized spacial score (nSPS) is 14.8. The third kappa shape index (κ3) is 4.61. The van der Waals surface area contributed by atoms with Gasteiger partial charge in [-0.05, 0) is 42.5 Å². The van der Waals surface area contributed by atoms with E-state index in [-0.39, 0.29) is 17.2 Å². The maximum Gasteiger partial charge on any atom is 0.573 e. The van der Waals surface area contributed by atoms with Crippen molar-refractivity contribution in [3.8, 4) is 5.75 Å². The van der Waals surface area contributed by atoms with E-state index in [1.807, 2.05) is 0 Å². The van der Waals surface area contributed by atoms with Gasteiger partial charge in [-0.15, -0.1) is 13.2 Å². The lowest BCUT2D eigenvalue weighted by Gasteiger charge is -2.15. The first kappa shape index (κ1) is 18.8. The SMILES string of the molecule is O=C1OCCN1c1cccc(NS(=O)(=O)c2ccc(OC(F)(F)F)cc2)c1. The number of alkyl halides is 3. The largest absolute Gasteiger partial charge is 0.573 e. The van der Waals surface area contributed by atoms with Crippen LogP contribution >= 0.6 is 0 Å². The van der Waals surface area contributed by atoms with Crippen molar-refractivity contribution in [3.63, 3.8) is 0 Å². The Morgan fingerprint density at radius 1 is 1.11 bits per heavy atom. The maximum atomic E-state index is 12.4. The molecular weight excluding hydrogens is 389 g/mol. The van der Waals surface area contributed by atoms with Gasteiger partial charge in [-0.2, -0.15) is 0 Å². The van der Waals surface area contributed by atoms with Gasteiger partial charge < -0.3 is 9.47 Å². The summed E-state index contributed by atoms with van der Waals surface area (Å²) in [7, 11) is -4.05. The molecule has 0 atom stereocenters. The van der Waals surface area contributed by atoms with Crippen LogP contribution in [0, 0.1) is 0 Å². The number of cyclic esters (lactones) is 1. The van der Waals surface area contributed by atoms with Crippen molar-refractivity contribution >= 4 is 27.5 Å². The molecule has 2 aromatic rings. The Morgan fingerprint density at radius 2 is 1.81 bits per heavy atom. The number of anilines is 2. The molecule has 1 fully saturated rings. The summed E-state index contributed by atoms with van der Waals surface area (Å²) in [4.78, 5) is 12.7. The highest BCUT2D eigenvalue weighted by molar-refractivity contribution is 7.92. The molecule has 3 rings (SSSR count). The number of hydrogen-bond donors (Lipinski definition) is 1. The number of ether oxygens (including phenoxy) is 2. The first-order valence-electron chi connectivity index (χ1n) is 7.57. The van der Waals surface area contributed by atoms with Crippen LogP contribution in [0.4, 0.5) is 29.3 Å². The Morgan fingerprint density at radius 3 is 2.41 bits per heavy atom. The molecule has 0 unspecified atom stereocenters. The number of nitrogens with one attached hydrogen (secondary N) is 1. The minimum Gasteiger partial charge on any atom is -0.447 e. The molecule has 11 heteroatoms. The van der Waals surface area contributed by atoms with E-state index < -0.39 is 28.2 Å². The van der Waals surface area contributed by atoms with Crippen LogP contribution < -0.4 is 14.4 Å². The Labute approximate surface area is 152 Å². The van der Waals surface area contributed by atoms with Crippen molar-refractivity contribution in [2.24, 2.45) is 0 Å². The lowest BCUT2D eigenvalue weighted by molar-refractivity contribution is -0.274. The predicted octanol–water partition coefficient (Wildman–Crippen LogP) is 3.34. The average molecular weight is 402 g/mol. The van der Waals surface area contributed by atoms with Gasteiger partial charge in [0, 0.05) is 5.69 Å². The Kier molecular flexibility index (Phi) is 4.87. The first-order chi connectivity index (χ1) is 12.6. The van der Waals surface area contributed by atoms with E-state index in [1.165, 1.54) is 17.0 Å². The van der Waals surface area contributed by atoms with Crippen LogP contribution in [-0.2, 0) is 14.8 Å². The van der Waals surface area contributed by atoms with E-state index in [4.69, 9.17) is 4.74 Å². The summed E-state index contributed by atoms with van der Waals surface area (Å²) in [6.45, 7) is 0.580. The van der Waals surface area contributed by atoms with E-state index in [2.05, 4.69) is 9.46 Å². The smallest absolute Gasteiger partial charge is 0.447 e. The summed E-state index contributed by atoms with van der Waals surface area (Å²) in [6, 6.07) is 9.88. The molecular formula is C16H13F3N2O5S. The van der Waals surface area contributed by atoms with Crippen LogP contribution in [0.25, 0.3) is 0 Å². The molecule has 1 aliphatic heterocycles. The van der Waals surface area contributed by atoms with Crippen molar-refractivity contribution < 1.29 is 35.9 Å². The number of rotatable bonds is 5. The van der Waals surface area contributed by atoms with Gasteiger partial charge in [0.15, 0.2) is 0 Å². The molecule has 1 aliphatic rings. The fourth-order valence-corrected chi connectivity index (χ4v) is 3.45. The highest BCUT2D eigenvalue weighted by Gasteiger charge is 2.31. The van der Waals surface area contributed by atoms with Crippen LogP contribution in [0.3, 0.4) is 0 Å². The first-order valence-corrected chi connectivity index (χ1v) is 9.05. The number of carbonyl (C=O) groups excluding carboxylic acids is 1. The maximum absolute atomic E-state index is 12.4. The van der Waals surface area contributed by atoms with E-state index in [1.54, 1.807) is 12.1 Å². The molecule has 27 heavy (non-hydrogen) atoms. The van der Waals surface area contributed by atoms with Crippen molar-refractivity contribution in [1.29, 1.82) is 0 Å². The highest BCUT2D eigenvalue weighted by atomic mass is 32.2. The van der Waals surface area contributed by atoms with Crippen LogP contribution in [0.15, 0.2) is 53.4 Å². The minimum atomic E-state index is -4.87. The Balaban J connectivity index is 1.77. The number of sulfonamides is 1. The van der Waals surface area contributed by atoms with Crippen LogP contribution in [0.5, 0.6) is 5.75 Å². The average Bonchev–Trinajstić information content (AvgIpc) is 3.00. The number of halogens is 3. The van der Waals surface area contributed by atoms with E-state index in [0.717, 1.165) is 24.3 Å². The third-order valence-corrected chi connectivity index (χ3v) is 4.94. The van der Waals surface area contributed by atoms with Crippen LogP contribution in [0.1, 0.15) is 0 Å². The van der Waals surface area contributed by atoms with Crippen molar-refractivity contribution in [1.82, 2.24) is 0 Å². The molecule has 0 radical (unpaired) electrons. The number of benzene rings is 2. The molecule has 1 amide bonds. The molecule has 0 bridgehead atoms. The summed E-state index contributed by atoms with van der Waals surface area (Å²) < 4.78 is 72.2. The summed E-state index contributed by atoms with van der Waals surface area (Å²) in [5, 5.41) is 0.